The van der Waals surface area contributed by atoms with Gasteiger partial charge in [-0.2, -0.15) is 0 Å². The number of hydrogen-bond acceptors (Lipinski definition) is 8. The second kappa shape index (κ2) is 15.5. The Bertz CT molecular complexity index is 1290. The Balaban J connectivity index is 1.46. The van der Waals surface area contributed by atoms with Crippen molar-refractivity contribution in [2.24, 2.45) is 0 Å². The highest BCUT2D eigenvalue weighted by molar-refractivity contribution is 7.10. The van der Waals surface area contributed by atoms with Crippen LogP contribution in [0.1, 0.15) is 59.5 Å². The lowest BCUT2D eigenvalue weighted by atomic mass is 10.1. The lowest BCUT2D eigenvalue weighted by molar-refractivity contribution is -0.136. The molecule has 0 fully saturated rings. The van der Waals surface area contributed by atoms with Crippen molar-refractivity contribution in [1.82, 2.24) is 15.1 Å². The number of ether oxygens (including phenoxy) is 1. The number of hydrogen-bond donors (Lipinski definition) is 1. The summed E-state index contributed by atoms with van der Waals surface area (Å²) in [6.45, 7) is 7.34. The average Bonchev–Trinajstić information content (AvgIpc) is 3.75. The van der Waals surface area contributed by atoms with Gasteiger partial charge < -0.3 is 19.9 Å². The predicted octanol–water partition coefficient (Wildman–Crippen LogP) is 7.75. The van der Waals surface area contributed by atoms with Crippen molar-refractivity contribution >= 4 is 63.3 Å². The number of rotatable bonds is 14. The Labute approximate surface area is 263 Å². The van der Waals surface area contributed by atoms with Gasteiger partial charge in [-0.1, -0.05) is 24.3 Å². The van der Waals surface area contributed by atoms with Crippen LogP contribution >= 0.6 is 45.3 Å². The molecule has 3 amide bonds. The van der Waals surface area contributed by atoms with Gasteiger partial charge in [0.25, 0.3) is 0 Å². The summed E-state index contributed by atoms with van der Waals surface area (Å²) in [6, 6.07) is 15.2. The van der Waals surface area contributed by atoms with Crippen molar-refractivity contribution in [2.75, 3.05) is 0 Å². The van der Waals surface area contributed by atoms with Gasteiger partial charge in [-0.05, 0) is 79.4 Å². The molecule has 42 heavy (non-hydrogen) atoms. The monoisotopic (exact) mass is 643 g/mol. The van der Waals surface area contributed by atoms with Gasteiger partial charge in [0.1, 0.15) is 11.6 Å². The maximum absolute atomic E-state index is 14.0. The van der Waals surface area contributed by atoms with E-state index in [1.165, 1.54) is 0 Å². The molecule has 4 aromatic heterocycles. The number of carbonyl (C=O) groups is 3. The molecule has 0 spiro atoms. The van der Waals surface area contributed by atoms with Crippen LogP contribution in [0.25, 0.3) is 0 Å². The standard InChI is InChI=1S/C31H37N3O4S4/c1-31(2,3)38-30(37)32-27(29(36)34(21-25-11-7-17-41-25)22-26-12-8-18-42-26)13-4-14-28(35)33(19-23-9-5-15-39-23)20-24-10-6-16-40-24/h5-12,15-18,27H,4,13-14,19-22H2,1-3H3,(H,32,37)/t27-/m0/s1. The fraction of sp³-hybridized carbons (Fsp3) is 0.387. The summed E-state index contributed by atoms with van der Waals surface area (Å²) >= 11 is 6.44. The Morgan fingerprint density at radius 3 is 1.55 bits per heavy atom. The van der Waals surface area contributed by atoms with Gasteiger partial charge in [0, 0.05) is 25.9 Å². The fourth-order valence-corrected chi connectivity index (χ4v) is 7.23. The van der Waals surface area contributed by atoms with Crippen LogP contribution in [0, 0.1) is 0 Å². The summed E-state index contributed by atoms with van der Waals surface area (Å²) in [6.07, 6.45) is 0.395. The quantitative estimate of drug-likeness (QED) is 0.152. The first-order chi connectivity index (χ1) is 20.2. The van der Waals surface area contributed by atoms with E-state index < -0.39 is 17.7 Å². The highest BCUT2D eigenvalue weighted by Crippen LogP contribution is 2.22. The first-order valence-corrected chi connectivity index (χ1v) is 17.3. The largest absolute Gasteiger partial charge is 0.444 e. The molecule has 0 radical (unpaired) electrons. The molecular weight excluding hydrogens is 607 g/mol. The molecule has 0 aliphatic carbocycles. The van der Waals surface area contributed by atoms with E-state index in [0.29, 0.717) is 39.0 Å². The number of nitrogens with one attached hydrogen (secondary N) is 1. The van der Waals surface area contributed by atoms with Gasteiger partial charge in [-0.3, -0.25) is 9.59 Å². The third-order valence-electron chi connectivity index (χ3n) is 6.24. The smallest absolute Gasteiger partial charge is 0.408 e. The number of alkyl carbamates (subject to hydrolysis) is 1. The van der Waals surface area contributed by atoms with Crippen molar-refractivity contribution in [2.45, 2.75) is 77.9 Å². The SMILES string of the molecule is CC(C)(C)OC(=O)N[C@@H](CCCC(=O)N(Cc1cccs1)Cc1cccs1)C(=O)N(Cc1cccs1)Cc1cccs1. The van der Waals surface area contributed by atoms with Gasteiger partial charge >= 0.3 is 6.09 Å². The highest BCUT2D eigenvalue weighted by Gasteiger charge is 2.29. The molecule has 7 nitrogen and oxygen atoms in total. The summed E-state index contributed by atoms with van der Waals surface area (Å²) in [5.74, 6) is -0.168. The maximum Gasteiger partial charge on any atom is 0.408 e. The minimum absolute atomic E-state index is 0.0225. The average molecular weight is 644 g/mol. The molecule has 4 rings (SSSR count). The molecule has 0 bridgehead atoms. The molecule has 0 aromatic carbocycles. The van der Waals surface area contributed by atoms with Crippen LogP contribution < -0.4 is 5.32 Å². The van der Waals surface area contributed by atoms with Gasteiger partial charge in [0.05, 0.1) is 26.2 Å². The topological polar surface area (TPSA) is 79.0 Å². The zero-order valence-corrected chi connectivity index (χ0v) is 27.4. The van der Waals surface area contributed by atoms with Crippen LogP contribution in [0.5, 0.6) is 0 Å². The van der Waals surface area contributed by atoms with E-state index in [1.807, 2.05) is 75.0 Å². The second-order valence-electron chi connectivity index (χ2n) is 10.9. The maximum atomic E-state index is 14.0. The Hall–Kier alpha value is -2.99. The van der Waals surface area contributed by atoms with Crippen LogP contribution in [0.3, 0.4) is 0 Å². The lowest BCUT2D eigenvalue weighted by Gasteiger charge is -2.29. The third kappa shape index (κ3) is 10.4. The zero-order chi connectivity index (χ0) is 30.0. The van der Waals surface area contributed by atoms with E-state index in [9.17, 15) is 14.4 Å². The fourth-order valence-electron chi connectivity index (χ4n) is 4.35. The number of amides is 3. The van der Waals surface area contributed by atoms with Crippen LogP contribution in [-0.2, 0) is 40.5 Å². The van der Waals surface area contributed by atoms with Gasteiger partial charge in [0.15, 0.2) is 0 Å². The Morgan fingerprint density at radius 2 is 1.17 bits per heavy atom. The molecule has 224 valence electrons. The van der Waals surface area contributed by atoms with Crippen LogP contribution in [0.15, 0.2) is 70.1 Å². The van der Waals surface area contributed by atoms with Crippen molar-refractivity contribution in [3.63, 3.8) is 0 Å². The Kier molecular flexibility index (Phi) is 11.8. The van der Waals surface area contributed by atoms with Crippen LogP contribution in [0.2, 0.25) is 0 Å². The van der Waals surface area contributed by atoms with Crippen LogP contribution in [-0.4, -0.2) is 39.4 Å². The summed E-state index contributed by atoms with van der Waals surface area (Å²) < 4.78 is 5.50. The molecular formula is C31H37N3O4S4. The van der Waals surface area contributed by atoms with E-state index in [-0.39, 0.29) is 18.2 Å². The zero-order valence-electron chi connectivity index (χ0n) is 24.1. The second-order valence-corrected chi connectivity index (χ2v) is 15.0. The van der Waals surface area contributed by atoms with E-state index >= 15 is 0 Å². The van der Waals surface area contributed by atoms with Gasteiger partial charge in [-0.15, -0.1) is 45.3 Å². The van der Waals surface area contributed by atoms with Crippen molar-refractivity contribution < 1.29 is 19.1 Å². The third-order valence-corrected chi connectivity index (χ3v) is 9.69. The number of nitrogens with zero attached hydrogens (tertiary/aromatic N) is 2. The Morgan fingerprint density at radius 1 is 0.738 bits per heavy atom. The molecule has 11 heteroatoms. The summed E-state index contributed by atoms with van der Waals surface area (Å²) in [5.41, 5.74) is -0.703. The lowest BCUT2D eigenvalue weighted by Crippen LogP contribution is -2.49. The molecule has 4 heterocycles. The number of thiophene rings is 4. The number of carbonyl (C=O) groups excluding carboxylic acids is 3. The minimum Gasteiger partial charge on any atom is -0.444 e. The summed E-state index contributed by atoms with van der Waals surface area (Å²) in [4.78, 5) is 48.3. The van der Waals surface area contributed by atoms with Crippen LogP contribution in [0.4, 0.5) is 4.79 Å². The van der Waals surface area contributed by atoms with E-state index in [2.05, 4.69) is 5.32 Å². The molecule has 0 aliphatic heterocycles. The van der Waals surface area contributed by atoms with Gasteiger partial charge in [-0.25, -0.2) is 4.79 Å². The van der Waals surface area contributed by atoms with Crippen molar-refractivity contribution in [3.05, 3.63) is 89.6 Å². The highest BCUT2D eigenvalue weighted by atomic mass is 32.1. The summed E-state index contributed by atoms with van der Waals surface area (Å²) in [7, 11) is 0. The van der Waals surface area contributed by atoms with Gasteiger partial charge in [0.2, 0.25) is 11.8 Å². The first kappa shape index (κ1) is 31.9. The first-order valence-electron chi connectivity index (χ1n) is 13.8. The van der Waals surface area contributed by atoms with E-state index in [0.717, 1.165) is 19.5 Å². The molecule has 0 saturated carbocycles. The van der Waals surface area contributed by atoms with E-state index in [1.54, 1.807) is 71.0 Å². The van der Waals surface area contributed by atoms with E-state index in [4.69, 9.17) is 4.74 Å². The molecule has 4 aromatic rings. The normalized spacial score (nSPS) is 12.1. The molecule has 0 aliphatic rings. The van der Waals surface area contributed by atoms with Crippen molar-refractivity contribution in [3.8, 4) is 0 Å². The summed E-state index contributed by atoms with van der Waals surface area (Å²) in [5, 5.41) is 10.8. The molecule has 1 N–H and O–H groups in total. The van der Waals surface area contributed by atoms with Crippen molar-refractivity contribution in [1.29, 1.82) is 0 Å². The molecule has 0 unspecified atom stereocenters. The molecule has 1 atom stereocenters. The molecule has 0 saturated heterocycles. The predicted molar refractivity (Wildman–Crippen MR) is 173 cm³/mol. The minimum atomic E-state index is -0.824.